The number of rotatable bonds is 2. The molecule has 2 nitrogen and oxygen atoms in total. The van der Waals surface area contributed by atoms with Gasteiger partial charge in [0, 0.05) is 34.1 Å². The molecular formula is C82H97BN2. The summed E-state index contributed by atoms with van der Waals surface area (Å²) in [6.45, 7) is 47.7. The molecule has 0 amide bonds. The van der Waals surface area contributed by atoms with Gasteiger partial charge in [-0.05, 0) is 282 Å². The Bertz CT molecular complexity index is 4040. The van der Waals surface area contributed by atoms with E-state index < -0.39 is 0 Å². The van der Waals surface area contributed by atoms with Gasteiger partial charge in [0.15, 0.2) is 0 Å². The Hall–Kier alpha value is -5.80. The van der Waals surface area contributed by atoms with Gasteiger partial charge >= 0.3 is 0 Å². The second-order valence-electron chi connectivity index (χ2n) is 34.5. The first-order valence-corrected chi connectivity index (χ1v) is 33.4. The minimum absolute atomic E-state index is 0.0263. The molecule has 5 aliphatic carbocycles. The summed E-state index contributed by atoms with van der Waals surface area (Å²) in [5.74, 6) is 0.948. The predicted molar refractivity (Wildman–Crippen MR) is 365 cm³/mol. The molecule has 85 heavy (non-hydrogen) atoms. The third-order valence-corrected chi connectivity index (χ3v) is 26.0. The highest BCUT2D eigenvalue weighted by molar-refractivity contribution is 7.00. The lowest BCUT2D eigenvalue weighted by Crippen LogP contribution is -2.62. The lowest BCUT2D eigenvalue weighted by atomic mass is 9.33. The van der Waals surface area contributed by atoms with Crippen LogP contribution in [-0.2, 0) is 49.7 Å². The quantitative estimate of drug-likeness (QED) is 0.159. The van der Waals surface area contributed by atoms with Gasteiger partial charge in [-0.3, -0.25) is 0 Å². The van der Waals surface area contributed by atoms with Gasteiger partial charge in [-0.2, -0.15) is 0 Å². The monoisotopic (exact) mass is 1120 g/mol. The van der Waals surface area contributed by atoms with E-state index in [4.69, 9.17) is 0 Å². The maximum Gasteiger partial charge on any atom is 0.252 e. The van der Waals surface area contributed by atoms with Gasteiger partial charge in [-0.1, -0.05) is 184 Å². The van der Waals surface area contributed by atoms with Crippen molar-refractivity contribution in [1.82, 2.24) is 0 Å². The van der Waals surface area contributed by atoms with Crippen LogP contribution in [0.5, 0.6) is 0 Å². The molecule has 1 saturated carbocycles. The van der Waals surface area contributed by atoms with E-state index in [0.29, 0.717) is 11.8 Å². The zero-order valence-corrected chi connectivity index (χ0v) is 55.6. The van der Waals surface area contributed by atoms with Gasteiger partial charge in [-0.25, -0.2) is 0 Å². The molecule has 0 radical (unpaired) electrons. The molecule has 3 heteroatoms. The molecule has 1 fully saturated rings. The molecule has 6 bridgehead atoms. The SMILES string of the molecule is Cc1cc2c3c(c1)N(c1cc4c(cc1C)C(C)(C)CCC4(C)C)c1cc4c(cc1B3c1ccc3cc1N2c1cc2c(cc1C)C(C)(C)CCC2(C)C1CCC2(C)c5cc(-c6ccc(C(C)(C)C)cc6)ccc5C(C3)C2(C)C1)C(C)(C)CCC4(C)C. The van der Waals surface area contributed by atoms with Crippen molar-refractivity contribution in [2.45, 2.75) is 245 Å². The highest BCUT2D eigenvalue weighted by Crippen LogP contribution is 2.70. The average Bonchev–Trinajstić information content (AvgIpc) is 1.68. The van der Waals surface area contributed by atoms with E-state index in [1.54, 1.807) is 27.8 Å². The molecule has 0 saturated heterocycles. The molecule has 0 aromatic heterocycles. The maximum absolute atomic E-state index is 2.83. The third-order valence-electron chi connectivity index (χ3n) is 26.0. The summed E-state index contributed by atoms with van der Waals surface area (Å²) in [5.41, 5.74) is 35.3. The van der Waals surface area contributed by atoms with E-state index in [1.165, 1.54) is 164 Å². The van der Waals surface area contributed by atoms with Crippen LogP contribution in [0, 0.1) is 32.1 Å². The fourth-order valence-electron chi connectivity index (χ4n) is 19.8. The standard InChI is InChI=1S/C82H97BN2/c1-48-36-71-73-72(37-48)85(67-44-62-59(38-49(67)2)75(7,8)30-32-77(62,11)12)70-45-63-61(76(9,10)31-33-78(63,13)14)43-66(70)83(73)65-27-20-51-40-57-56-26-23-53(52-21-24-54(25-22-52)74(4,5)6)42-58(56)81(18)29-28-55(47-82(57,81)19)80(17)35-34-79(15,16)60-39-50(3)68(46-64(60)80)84(71)69(65)41-51/h20-27,36-39,41-46,55,57H,28-35,40,47H2,1-19H3. The first kappa shape index (κ1) is 55.8. The lowest BCUT2D eigenvalue weighted by Gasteiger charge is -2.57. The van der Waals surface area contributed by atoms with Crippen LogP contribution >= 0.6 is 0 Å². The van der Waals surface area contributed by atoms with Gasteiger partial charge in [0.1, 0.15) is 0 Å². The number of anilines is 6. The molecule has 3 heterocycles. The minimum atomic E-state index is 0.0263. The van der Waals surface area contributed by atoms with E-state index in [-0.39, 0.29) is 55.4 Å². The number of aryl methyl sites for hydroxylation is 3. The Morgan fingerprint density at radius 3 is 1.51 bits per heavy atom. The maximum atomic E-state index is 2.83. The van der Waals surface area contributed by atoms with Gasteiger partial charge in [0.05, 0.1) is 0 Å². The van der Waals surface area contributed by atoms with E-state index in [0.717, 1.165) is 6.42 Å². The number of nitrogens with zero attached hydrogens (tertiary/aromatic N) is 2. The molecule has 8 aliphatic rings. The summed E-state index contributed by atoms with van der Waals surface area (Å²) in [6.07, 6.45) is 11.9. The molecule has 0 spiro atoms. The Kier molecular flexibility index (Phi) is 11.5. The summed E-state index contributed by atoms with van der Waals surface area (Å²) in [4.78, 5) is 5.62. The molecule has 15 rings (SSSR count). The fraction of sp³-hybridized carbons (Fsp3) is 0.488. The highest BCUT2D eigenvalue weighted by Gasteiger charge is 2.62. The Balaban J connectivity index is 1.00. The third kappa shape index (κ3) is 7.68. The number of fused-ring (bicyclic) bond motifs is 14. The number of hydrogen-bond acceptors (Lipinski definition) is 2. The van der Waals surface area contributed by atoms with Crippen molar-refractivity contribution in [1.29, 1.82) is 0 Å². The zero-order valence-electron chi connectivity index (χ0n) is 55.6. The van der Waals surface area contributed by atoms with Crippen LogP contribution in [0.4, 0.5) is 34.1 Å². The van der Waals surface area contributed by atoms with Crippen molar-refractivity contribution in [2.24, 2.45) is 11.3 Å². The normalized spacial score (nSPS) is 27.1. The Morgan fingerprint density at radius 1 is 0.435 bits per heavy atom. The Morgan fingerprint density at radius 2 is 0.929 bits per heavy atom. The molecular weight excluding hydrogens is 1020 g/mol. The summed E-state index contributed by atoms with van der Waals surface area (Å²) in [6, 6.07) is 46.7. The van der Waals surface area contributed by atoms with Crippen LogP contribution in [0.1, 0.15) is 247 Å². The van der Waals surface area contributed by atoms with Gasteiger partial charge < -0.3 is 9.80 Å². The summed E-state index contributed by atoms with van der Waals surface area (Å²) in [7, 11) is 0. The van der Waals surface area contributed by atoms with E-state index in [9.17, 15) is 0 Å². The van der Waals surface area contributed by atoms with Crippen LogP contribution in [0.25, 0.3) is 11.1 Å². The van der Waals surface area contributed by atoms with Crippen LogP contribution < -0.4 is 26.2 Å². The van der Waals surface area contributed by atoms with Crippen molar-refractivity contribution >= 4 is 57.2 Å². The topological polar surface area (TPSA) is 6.48 Å². The molecule has 5 atom stereocenters. The van der Waals surface area contributed by atoms with Crippen molar-refractivity contribution in [3.05, 3.63) is 182 Å². The molecule has 0 N–H and O–H groups in total. The van der Waals surface area contributed by atoms with Crippen molar-refractivity contribution in [3.63, 3.8) is 0 Å². The van der Waals surface area contributed by atoms with Gasteiger partial charge in [0.25, 0.3) is 6.71 Å². The Labute approximate surface area is 513 Å². The minimum Gasteiger partial charge on any atom is -0.311 e. The van der Waals surface area contributed by atoms with Crippen LogP contribution in [0.3, 0.4) is 0 Å². The molecule has 7 aromatic carbocycles. The molecule has 438 valence electrons. The summed E-state index contributed by atoms with van der Waals surface area (Å²) >= 11 is 0. The predicted octanol–water partition coefficient (Wildman–Crippen LogP) is 20.1. The first-order chi connectivity index (χ1) is 39.8. The molecule has 7 aromatic rings. The first-order valence-electron chi connectivity index (χ1n) is 33.4. The summed E-state index contributed by atoms with van der Waals surface area (Å²) in [5, 5.41) is 0. The number of hydrogen-bond donors (Lipinski definition) is 0. The van der Waals surface area contributed by atoms with Crippen LogP contribution in [0.15, 0.2) is 109 Å². The fourth-order valence-corrected chi connectivity index (χ4v) is 19.8. The second-order valence-corrected chi connectivity index (χ2v) is 34.5. The number of benzene rings is 7. The smallest absolute Gasteiger partial charge is 0.252 e. The largest absolute Gasteiger partial charge is 0.311 e. The zero-order chi connectivity index (χ0) is 60.0. The van der Waals surface area contributed by atoms with Crippen molar-refractivity contribution < 1.29 is 0 Å². The average molecular weight is 1120 g/mol. The van der Waals surface area contributed by atoms with E-state index in [2.05, 4.69) is 251 Å². The van der Waals surface area contributed by atoms with Gasteiger partial charge in [0.2, 0.25) is 0 Å². The van der Waals surface area contributed by atoms with Crippen molar-refractivity contribution in [2.75, 3.05) is 9.80 Å². The van der Waals surface area contributed by atoms with Gasteiger partial charge in [-0.15, -0.1) is 0 Å². The van der Waals surface area contributed by atoms with E-state index >= 15 is 0 Å². The van der Waals surface area contributed by atoms with E-state index in [1.807, 2.05) is 0 Å². The highest BCUT2D eigenvalue weighted by atomic mass is 15.2. The molecule has 3 aliphatic heterocycles. The van der Waals surface area contributed by atoms with Crippen LogP contribution in [-0.4, -0.2) is 6.71 Å². The van der Waals surface area contributed by atoms with Crippen molar-refractivity contribution in [3.8, 4) is 11.1 Å². The second kappa shape index (κ2) is 17.5. The summed E-state index contributed by atoms with van der Waals surface area (Å²) < 4.78 is 0. The lowest BCUT2D eigenvalue weighted by molar-refractivity contribution is 0.0116. The van der Waals surface area contributed by atoms with Crippen LogP contribution in [0.2, 0.25) is 0 Å². The molecule has 5 unspecified atom stereocenters.